The fourth-order valence-corrected chi connectivity index (χ4v) is 3.44. The Bertz CT molecular complexity index is 765. The number of hydrogen-bond acceptors (Lipinski definition) is 6. The zero-order valence-electron chi connectivity index (χ0n) is 15.8. The number of benzene rings is 1. The summed E-state index contributed by atoms with van der Waals surface area (Å²) < 4.78 is 10.3. The Morgan fingerprint density at radius 2 is 1.89 bits per heavy atom. The molecule has 1 aromatic heterocycles. The van der Waals surface area contributed by atoms with Gasteiger partial charge in [-0.05, 0) is 18.3 Å². The largest absolute Gasteiger partial charge is 0.456 e. The molecule has 0 bridgehead atoms. The third kappa shape index (κ3) is 5.39. The Balaban J connectivity index is 1.42. The van der Waals surface area contributed by atoms with Gasteiger partial charge in [-0.25, -0.2) is 0 Å². The van der Waals surface area contributed by atoms with Crippen molar-refractivity contribution in [1.29, 1.82) is 0 Å². The Morgan fingerprint density at radius 1 is 1.19 bits per heavy atom. The quantitative estimate of drug-likeness (QED) is 0.726. The van der Waals surface area contributed by atoms with Gasteiger partial charge < -0.3 is 14.2 Å². The minimum Gasteiger partial charge on any atom is -0.456 e. The fourth-order valence-electron chi connectivity index (χ4n) is 3.44. The third-order valence-corrected chi connectivity index (χ3v) is 4.62. The summed E-state index contributed by atoms with van der Waals surface area (Å²) in [6, 6.07) is 9.47. The summed E-state index contributed by atoms with van der Waals surface area (Å²) >= 11 is 0. The van der Waals surface area contributed by atoms with Gasteiger partial charge in [0.2, 0.25) is 11.7 Å². The van der Waals surface area contributed by atoms with E-state index in [-0.39, 0.29) is 25.4 Å². The first-order valence-corrected chi connectivity index (χ1v) is 9.32. The van der Waals surface area contributed by atoms with Crippen LogP contribution in [0.25, 0.3) is 11.4 Å². The number of likely N-dealkylation sites (tertiary alicyclic amines) is 1. The second kappa shape index (κ2) is 8.79. The van der Waals surface area contributed by atoms with Gasteiger partial charge in [-0.3, -0.25) is 9.59 Å². The van der Waals surface area contributed by atoms with Gasteiger partial charge in [-0.15, -0.1) is 0 Å². The van der Waals surface area contributed by atoms with Crippen LogP contribution in [0.15, 0.2) is 34.9 Å². The lowest BCUT2D eigenvalue weighted by Crippen LogP contribution is -2.44. The van der Waals surface area contributed by atoms with Crippen LogP contribution in [0.5, 0.6) is 0 Å². The van der Waals surface area contributed by atoms with E-state index in [0.717, 1.165) is 25.1 Å². The SMILES string of the molecule is CC1CC(C)CN(C(=O)COC(=O)CCc2nc(-c3ccccc3)no2)C1. The smallest absolute Gasteiger partial charge is 0.306 e. The standard InChI is InChI=1S/C20H25N3O4/c1-14-10-15(2)12-23(11-14)18(24)13-26-19(25)9-8-17-21-20(22-27-17)16-6-4-3-5-7-16/h3-7,14-15H,8-13H2,1-2H3. The van der Waals surface area contributed by atoms with Crippen molar-refractivity contribution in [1.82, 2.24) is 15.0 Å². The van der Waals surface area contributed by atoms with Gasteiger partial charge in [0.05, 0.1) is 6.42 Å². The van der Waals surface area contributed by atoms with Gasteiger partial charge >= 0.3 is 5.97 Å². The summed E-state index contributed by atoms with van der Waals surface area (Å²) in [5, 5.41) is 3.91. The molecule has 27 heavy (non-hydrogen) atoms. The van der Waals surface area contributed by atoms with Crippen molar-refractivity contribution in [3.63, 3.8) is 0 Å². The highest BCUT2D eigenvalue weighted by Crippen LogP contribution is 2.21. The highest BCUT2D eigenvalue weighted by Gasteiger charge is 2.26. The minimum absolute atomic E-state index is 0.0938. The van der Waals surface area contributed by atoms with Gasteiger partial charge in [-0.1, -0.05) is 49.3 Å². The number of aromatic nitrogens is 2. The number of aryl methyl sites for hydroxylation is 1. The highest BCUT2D eigenvalue weighted by molar-refractivity contribution is 5.80. The van der Waals surface area contributed by atoms with Crippen molar-refractivity contribution in [2.45, 2.75) is 33.1 Å². The van der Waals surface area contributed by atoms with Crippen molar-refractivity contribution in [2.75, 3.05) is 19.7 Å². The van der Waals surface area contributed by atoms with Gasteiger partial charge in [-0.2, -0.15) is 4.98 Å². The lowest BCUT2D eigenvalue weighted by molar-refractivity contribution is -0.153. The third-order valence-electron chi connectivity index (χ3n) is 4.62. The number of piperidine rings is 1. The molecule has 0 spiro atoms. The van der Waals surface area contributed by atoms with Crippen LogP contribution in [0.4, 0.5) is 0 Å². The molecule has 2 unspecified atom stereocenters. The van der Waals surface area contributed by atoms with Crippen LogP contribution in [0, 0.1) is 11.8 Å². The molecule has 2 atom stereocenters. The number of ether oxygens (including phenoxy) is 1. The predicted octanol–water partition coefficient (Wildman–Crippen LogP) is 2.72. The van der Waals surface area contributed by atoms with Crippen molar-refractivity contribution in [3.8, 4) is 11.4 Å². The Kier molecular flexibility index (Phi) is 6.21. The molecule has 1 aliphatic heterocycles. The van der Waals surface area contributed by atoms with Crippen molar-refractivity contribution in [3.05, 3.63) is 36.2 Å². The molecule has 144 valence electrons. The highest BCUT2D eigenvalue weighted by atomic mass is 16.5. The number of hydrogen-bond donors (Lipinski definition) is 0. The normalized spacial score (nSPS) is 19.7. The molecule has 2 aromatic rings. The molecule has 0 N–H and O–H groups in total. The second-order valence-corrected chi connectivity index (χ2v) is 7.28. The average molecular weight is 371 g/mol. The Labute approximate surface area is 158 Å². The maximum Gasteiger partial charge on any atom is 0.306 e. The molecule has 1 aromatic carbocycles. The molecule has 7 heteroatoms. The molecule has 1 aliphatic rings. The number of rotatable bonds is 6. The maximum absolute atomic E-state index is 12.2. The van der Waals surface area contributed by atoms with E-state index in [9.17, 15) is 9.59 Å². The van der Waals surface area contributed by atoms with E-state index in [2.05, 4.69) is 24.0 Å². The summed E-state index contributed by atoms with van der Waals surface area (Å²) in [5.74, 6) is 1.24. The first-order chi connectivity index (χ1) is 13.0. The van der Waals surface area contributed by atoms with Gasteiger partial charge in [0.1, 0.15) is 0 Å². The van der Waals surface area contributed by atoms with E-state index < -0.39 is 5.97 Å². The van der Waals surface area contributed by atoms with Crippen molar-refractivity contribution < 1.29 is 18.8 Å². The summed E-state index contributed by atoms with van der Waals surface area (Å²) in [7, 11) is 0. The minimum atomic E-state index is -0.444. The molecule has 7 nitrogen and oxygen atoms in total. The zero-order chi connectivity index (χ0) is 19.2. The number of nitrogens with zero attached hydrogens (tertiary/aromatic N) is 3. The Morgan fingerprint density at radius 3 is 2.59 bits per heavy atom. The summed E-state index contributed by atoms with van der Waals surface area (Å²) in [6.07, 6.45) is 1.50. The summed E-state index contributed by atoms with van der Waals surface area (Å²) in [4.78, 5) is 30.2. The molecular weight excluding hydrogens is 346 g/mol. The molecule has 2 heterocycles. The number of carbonyl (C=O) groups excluding carboxylic acids is 2. The molecule has 0 radical (unpaired) electrons. The first-order valence-electron chi connectivity index (χ1n) is 9.32. The number of carbonyl (C=O) groups is 2. The zero-order valence-corrected chi connectivity index (χ0v) is 15.8. The topological polar surface area (TPSA) is 85.5 Å². The molecule has 0 saturated carbocycles. The fraction of sp³-hybridized carbons (Fsp3) is 0.500. The average Bonchev–Trinajstić information content (AvgIpc) is 3.13. The van der Waals surface area contributed by atoms with Crippen LogP contribution < -0.4 is 0 Å². The molecule has 1 saturated heterocycles. The lowest BCUT2D eigenvalue weighted by atomic mass is 9.92. The van der Waals surface area contributed by atoms with E-state index in [1.54, 1.807) is 4.90 Å². The molecule has 1 amide bonds. The van der Waals surface area contributed by atoms with Gasteiger partial charge in [0.25, 0.3) is 5.91 Å². The monoisotopic (exact) mass is 371 g/mol. The summed E-state index contributed by atoms with van der Waals surface area (Å²) in [5.41, 5.74) is 0.852. The first kappa shape index (κ1) is 19.1. The predicted molar refractivity (Wildman–Crippen MR) is 98.5 cm³/mol. The summed E-state index contributed by atoms with van der Waals surface area (Å²) in [6.45, 7) is 5.51. The van der Waals surface area contributed by atoms with Crippen LogP contribution in [0.1, 0.15) is 32.6 Å². The van der Waals surface area contributed by atoms with E-state index in [4.69, 9.17) is 9.26 Å². The van der Waals surface area contributed by atoms with Crippen LogP contribution in [-0.2, 0) is 20.7 Å². The van der Waals surface area contributed by atoms with E-state index in [0.29, 0.717) is 23.6 Å². The molecular formula is C20H25N3O4. The van der Waals surface area contributed by atoms with E-state index in [1.807, 2.05) is 30.3 Å². The van der Waals surface area contributed by atoms with Crippen LogP contribution in [0.3, 0.4) is 0 Å². The van der Waals surface area contributed by atoms with Crippen molar-refractivity contribution >= 4 is 11.9 Å². The Hall–Kier alpha value is -2.70. The van der Waals surface area contributed by atoms with E-state index >= 15 is 0 Å². The number of amides is 1. The van der Waals surface area contributed by atoms with Gasteiger partial charge in [0.15, 0.2) is 6.61 Å². The lowest BCUT2D eigenvalue weighted by Gasteiger charge is -2.34. The molecule has 3 rings (SSSR count). The van der Waals surface area contributed by atoms with Crippen LogP contribution >= 0.6 is 0 Å². The van der Waals surface area contributed by atoms with Crippen molar-refractivity contribution in [2.24, 2.45) is 11.8 Å². The van der Waals surface area contributed by atoms with Gasteiger partial charge in [0, 0.05) is 25.1 Å². The van der Waals surface area contributed by atoms with Crippen LogP contribution in [-0.4, -0.2) is 46.6 Å². The second-order valence-electron chi connectivity index (χ2n) is 7.28. The molecule has 0 aliphatic carbocycles. The maximum atomic E-state index is 12.2. The van der Waals surface area contributed by atoms with Crippen LogP contribution in [0.2, 0.25) is 0 Å². The van der Waals surface area contributed by atoms with E-state index in [1.165, 1.54) is 0 Å². The number of esters is 1. The molecule has 1 fully saturated rings.